The van der Waals surface area contributed by atoms with Crippen LogP contribution in [0.2, 0.25) is 4.43 Å². The molecule has 20 heteroatoms. The summed E-state index contributed by atoms with van der Waals surface area (Å²) in [6.07, 6.45) is 15.6. The van der Waals surface area contributed by atoms with Crippen LogP contribution in [0.15, 0.2) is 64.3 Å². The maximum atomic E-state index is 11.1. The summed E-state index contributed by atoms with van der Waals surface area (Å²) in [5.74, 6) is -0.119. The van der Waals surface area contributed by atoms with E-state index in [1.165, 1.54) is 69.2 Å². The summed E-state index contributed by atoms with van der Waals surface area (Å²) in [5.41, 5.74) is 15.7. The molecule has 0 aromatic carbocycles. The maximum absolute atomic E-state index is 11.1. The van der Waals surface area contributed by atoms with E-state index in [9.17, 15) is 28.8 Å². The molecule has 3 aliphatic rings. The number of carbonyl (C=O) groups excluding carboxylic acids is 6. The molecule has 268 valence electrons. The second-order valence-electron chi connectivity index (χ2n) is 8.12. The molecule has 0 radical (unpaired) electrons. The van der Waals surface area contributed by atoms with Crippen molar-refractivity contribution in [2.75, 3.05) is 19.6 Å². The van der Waals surface area contributed by atoms with Gasteiger partial charge in [-0.2, -0.15) is 0 Å². The number of carbonyl (C=O) groups is 6. The number of hydrogen-bond donors (Lipinski definition) is 3. The number of rotatable bonds is 5. The van der Waals surface area contributed by atoms with E-state index in [2.05, 4.69) is 23.7 Å². The monoisotopic (exact) mass is 1210 g/mol. The van der Waals surface area contributed by atoms with Gasteiger partial charge in [0.05, 0.1) is 6.42 Å². The quantitative estimate of drug-likeness (QED) is 0.144. The van der Waals surface area contributed by atoms with E-state index in [0.29, 0.717) is 44.5 Å². The molecule has 0 aromatic rings. The Balaban J connectivity index is -0.000000157. The van der Waals surface area contributed by atoms with Gasteiger partial charge in [0.2, 0.25) is 0 Å². The van der Waals surface area contributed by atoms with Gasteiger partial charge in [0.1, 0.15) is 11.6 Å². The molecule has 0 saturated carbocycles. The van der Waals surface area contributed by atoms with Crippen LogP contribution in [0, 0.1) is 6.08 Å². The summed E-state index contributed by atoms with van der Waals surface area (Å²) in [6.45, 7) is 8.29. The van der Waals surface area contributed by atoms with Gasteiger partial charge in [-0.05, 0) is 12.2 Å². The second kappa shape index (κ2) is 45.0. The topological polar surface area (TPSA) is 180 Å². The van der Waals surface area contributed by atoms with Crippen molar-refractivity contribution in [2.45, 2.75) is 43.0 Å². The molecule has 6 N–H and O–H groups in total. The number of allylic oxidation sites excluding steroid dienone is 7. The molecule has 0 aliphatic heterocycles. The van der Waals surface area contributed by atoms with Crippen molar-refractivity contribution < 1.29 is 80.7 Å². The zero-order chi connectivity index (χ0) is 38.6. The van der Waals surface area contributed by atoms with E-state index in [4.69, 9.17) is 74.4 Å². The summed E-state index contributed by atoms with van der Waals surface area (Å²) >= 11 is -1.42. The van der Waals surface area contributed by atoms with Gasteiger partial charge in [-0.25, -0.2) is 0 Å². The molecule has 0 bridgehead atoms. The van der Waals surface area contributed by atoms with Crippen LogP contribution in [-0.2, 0) is 80.7 Å². The van der Waals surface area contributed by atoms with Crippen molar-refractivity contribution in [1.29, 1.82) is 0 Å². The van der Waals surface area contributed by atoms with Crippen molar-refractivity contribution in [3.8, 4) is 0 Å². The number of ketones is 6. The van der Waals surface area contributed by atoms with Crippen LogP contribution in [0.1, 0.15) is 38.5 Å². The summed E-state index contributed by atoms with van der Waals surface area (Å²) in [5, 5.41) is 0. The molecule has 3 aliphatic carbocycles. The molecule has 0 spiro atoms. The van der Waals surface area contributed by atoms with Gasteiger partial charge in [0.15, 0.2) is 5.78 Å². The summed E-state index contributed by atoms with van der Waals surface area (Å²) in [7, 11) is 29.5. The van der Waals surface area contributed by atoms with E-state index in [1.54, 1.807) is 30.4 Å². The fourth-order valence-corrected chi connectivity index (χ4v) is 6.39. The standard InChI is InChI=1S/C9H11NO2.2C6H5O2.2C3H7N.CH3.6ClH.Hg.2K.2Pd/c10-5-1-2-7-3-4-8(11)6-9(7)12;2*7-5-2-1-3-6(8)4-5;2*1-2-3-4;;;;;;;;;;;;/h1-3H,4-6,10H2;2*1H,2,4H2;2*2H,1,3-4H2;1H3;6*1H;;;;;/q;;-1;;;;;;;;;;;;;+2;+4/p-6/b2-1+;;;;;;;;;;;;;;;;. The SMILES string of the molecule is C=CCN.C=CCN.NC/C=C/C1=CCC(=O)CC1=O.O=C1[C-]=CCC(=O)C1.[CH3][Hg][C]1=CCC(=O)CC1=O.[Cl][Pd]([Cl])([Cl])[Cl].[Cl][Pd][Cl].[K][K]. The van der Waals surface area contributed by atoms with Gasteiger partial charge in [0, 0.05) is 38.0 Å². The summed E-state index contributed by atoms with van der Waals surface area (Å²) in [4.78, 5) is 64.3. The molecule has 9 nitrogen and oxygen atoms in total. The first kappa shape index (κ1) is 60.9. The van der Waals surface area contributed by atoms with Gasteiger partial charge >= 0.3 is 220 Å². The molecular formula is C28H38Cl6HgK2N3O6Pd2-. The van der Waals surface area contributed by atoms with Crippen molar-refractivity contribution >= 4 is 155 Å². The van der Waals surface area contributed by atoms with E-state index in [0.717, 1.165) is 3.08 Å². The molecule has 0 fully saturated rings. The normalized spacial score (nSPS) is 15.0. The van der Waals surface area contributed by atoms with E-state index < -0.39 is 36.0 Å². The Bertz CT molecular complexity index is 1110. The van der Waals surface area contributed by atoms with Crippen molar-refractivity contribution in [1.82, 2.24) is 0 Å². The Morgan fingerprint density at radius 3 is 1.50 bits per heavy atom. The van der Waals surface area contributed by atoms with Gasteiger partial charge < -0.3 is 28.1 Å². The predicted octanol–water partition coefficient (Wildman–Crippen LogP) is 5.20. The number of hydrogen-bond acceptors (Lipinski definition) is 9. The van der Waals surface area contributed by atoms with Crippen LogP contribution in [0.4, 0.5) is 0 Å². The molecule has 0 aromatic heterocycles. The third-order valence-electron chi connectivity index (χ3n) is 4.62. The average Bonchev–Trinajstić information content (AvgIpc) is 3.02. The minimum absolute atomic E-state index is 0.00579. The van der Waals surface area contributed by atoms with E-state index in [1.807, 2.05) is 6.08 Å². The second-order valence-corrected chi connectivity index (χ2v) is 30.4. The first-order valence-corrected chi connectivity index (χ1v) is 50.2. The zero-order valence-corrected chi connectivity index (χ0v) is 46.5. The van der Waals surface area contributed by atoms with Crippen LogP contribution >= 0.6 is 57.2 Å². The number of halogens is 6. The molecule has 3 rings (SSSR count). The minimum atomic E-state index is -2.81. The average molecular weight is 1220 g/mol. The van der Waals surface area contributed by atoms with Crippen LogP contribution in [0.5, 0.6) is 0 Å². The first-order chi connectivity index (χ1) is 22.5. The Hall–Kier alpha value is 3.61. The Morgan fingerprint density at radius 2 is 1.21 bits per heavy atom. The van der Waals surface area contributed by atoms with Crippen molar-refractivity contribution in [3.05, 3.63) is 70.4 Å². The molecule has 0 saturated heterocycles. The third-order valence-corrected chi connectivity index (χ3v) is 10.2. The molecule has 0 atom stereocenters. The summed E-state index contributed by atoms with van der Waals surface area (Å²) < 4.78 is 3.19. The number of nitrogens with two attached hydrogens (primary N) is 3. The molecular weight excluding hydrogens is 1180 g/mol. The Labute approximate surface area is 377 Å². The third kappa shape index (κ3) is 51.7. The molecule has 0 heterocycles. The zero-order valence-electron chi connectivity index (χ0n) is 27.1. The van der Waals surface area contributed by atoms with Crippen LogP contribution in [0.3, 0.4) is 0 Å². The fraction of sp³-hybridized carbons (Fsp3) is 0.357. The van der Waals surface area contributed by atoms with Crippen LogP contribution in [0.25, 0.3) is 0 Å². The molecule has 0 unspecified atom stereocenters. The summed E-state index contributed by atoms with van der Waals surface area (Å²) in [6, 6.07) is 0. The molecule has 0 amide bonds. The first-order valence-electron chi connectivity index (χ1n) is 13.9. The Morgan fingerprint density at radius 1 is 0.812 bits per heavy atom. The Kier molecular flexibility index (Phi) is 57.1. The molecule has 48 heavy (non-hydrogen) atoms. The van der Waals surface area contributed by atoms with Crippen LogP contribution < -0.4 is 17.2 Å². The predicted molar refractivity (Wildman–Crippen MR) is 191 cm³/mol. The van der Waals surface area contributed by atoms with Crippen molar-refractivity contribution in [2.24, 2.45) is 17.2 Å². The van der Waals surface area contributed by atoms with E-state index >= 15 is 0 Å². The van der Waals surface area contributed by atoms with Gasteiger partial charge in [-0.3, -0.25) is 20.5 Å². The van der Waals surface area contributed by atoms with E-state index in [-0.39, 0.29) is 69.9 Å². The van der Waals surface area contributed by atoms with Gasteiger partial charge in [-0.1, -0.05) is 30.4 Å². The van der Waals surface area contributed by atoms with Gasteiger partial charge in [0.25, 0.3) is 0 Å². The van der Waals surface area contributed by atoms with Crippen LogP contribution in [-0.4, -0.2) is 117 Å². The fourth-order valence-electron chi connectivity index (χ4n) is 2.69. The number of Topliss-reactive ketones (excluding diaryl/α,β-unsaturated/α-hetero) is 6. The van der Waals surface area contributed by atoms with Crippen molar-refractivity contribution in [3.63, 3.8) is 0 Å². The van der Waals surface area contributed by atoms with Gasteiger partial charge in [-0.15, -0.1) is 13.2 Å².